The monoisotopic (exact) mass is 479 g/mol. The fourth-order valence-corrected chi connectivity index (χ4v) is 4.42. The van der Waals surface area contributed by atoms with Gasteiger partial charge in [-0.15, -0.1) is 10.2 Å². The van der Waals surface area contributed by atoms with E-state index < -0.39 is 0 Å². The summed E-state index contributed by atoms with van der Waals surface area (Å²) in [6, 6.07) is 17.8. The van der Waals surface area contributed by atoms with Crippen LogP contribution in [0.25, 0.3) is 0 Å². The standard InChI is InChI=1S/C25H29N5O3S/c1-18-5-4-6-19(15-18)29-11-13-30(14-12-29)23-9-10-25(28-27-23)34-17-24(31)26-21-8-7-20(32-2)16-22(21)33-3/h4-10,15-16H,11-14,17H2,1-3H3,(H,26,31). The Bertz CT molecular complexity index is 1120. The number of carbonyl (C=O) groups is 1. The van der Waals surface area contributed by atoms with E-state index in [1.165, 1.54) is 23.0 Å². The summed E-state index contributed by atoms with van der Waals surface area (Å²) in [7, 11) is 3.14. The molecule has 0 atom stereocenters. The van der Waals surface area contributed by atoms with E-state index in [1.807, 2.05) is 12.1 Å². The lowest BCUT2D eigenvalue weighted by Gasteiger charge is -2.36. The number of piperazine rings is 1. The Labute approximate surface area is 204 Å². The molecule has 1 saturated heterocycles. The van der Waals surface area contributed by atoms with Gasteiger partial charge < -0.3 is 24.6 Å². The van der Waals surface area contributed by atoms with Crippen LogP contribution in [-0.4, -0.2) is 62.3 Å². The molecule has 1 aliphatic heterocycles. The van der Waals surface area contributed by atoms with E-state index in [0.717, 1.165) is 32.0 Å². The topological polar surface area (TPSA) is 79.8 Å². The molecular weight excluding hydrogens is 450 g/mol. The molecule has 0 aliphatic carbocycles. The highest BCUT2D eigenvalue weighted by Crippen LogP contribution is 2.29. The molecule has 1 N–H and O–H groups in total. The third kappa shape index (κ3) is 5.91. The smallest absolute Gasteiger partial charge is 0.234 e. The molecule has 8 nitrogen and oxygen atoms in total. The molecule has 0 spiro atoms. The highest BCUT2D eigenvalue weighted by atomic mass is 32.2. The number of anilines is 3. The molecule has 2 heterocycles. The minimum absolute atomic E-state index is 0.147. The molecular formula is C25H29N5O3S. The summed E-state index contributed by atoms with van der Waals surface area (Å²) < 4.78 is 10.5. The van der Waals surface area contributed by atoms with Gasteiger partial charge >= 0.3 is 0 Å². The second kappa shape index (κ2) is 11.1. The van der Waals surface area contributed by atoms with Crippen molar-refractivity contribution >= 4 is 34.9 Å². The molecule has 4 rings (SSSR count). The number of thioether (sulfide) groups is 1. The van der Waals surface area contributed by atoms with Crippen LogP contribution >= 0.6 is 11.8 Å². The number of benzene rings is 2. The summed E-state index contributed by atoms with van der Waals surface area (Å²) in [5, 5.41) is 12.3. The molecule has 1 amide bonds. The van der Waals surface area contributed by atoms with Gasteiger partial charge in [0.15, 0.2) is 5.82 Å². The lowest BCUT2D eigenvalue weighted by atomic mass is 10.2. The number of aryl methyl sites for hydroxylation is 1. The van der Waals surface area contributed by atoms with Gasteiger partial charge in [-0.1, -0.05) is 23.9 Å². The zero-order chi connectivity index (χ0) is 23.9. The van der Waals surface area contributed by atoms with E-state index in [0.29, 0.717) is 22.2 Å². The first-order chi connectivity index (χ1) is 16.6. The zero-order valence-corrected chi connectivity index (χ0v) is 20.5. The molecule has 0 unspecified atom stereocenters. The quantitative estimate of drug-likeness (QED) is 0.488. The van der Waals surface area contributed by atoms with Crippen molar-refractivity contribution in [3.05, 3.63) is 60.2 Å². The number of nitrogens with one attached hydrogen (secondary N) is 1. The third-order valence-corrected chi connectivity index (χ3v) is 6.55. The van der Waals surface area contributed by atoms with E-state index in [1.54, 1.807) is 32.4 Å². The number of amides is 1. The first-order valence-electron chi connectivity index (χ1n) is 11.1. The SMILES string of the molecule is COc1ccc(NC(=O)CSc2ccc(N3CCN(c4cccc(C)c4)CC3)nn2)c(OC)c1. The highest BCUT2D eigenvalue weighted by Gasteiger charge is 2.19. The fourth-order valence-electron chi connectivity index (χ4n) is 3.80. The number of methoxy groups -OCH3 is 2. The van der Waals surface area contributed by atoms with Crippen molar-refractivity contribution in [2.45, 2.75) is 11.9 Å². The minimum Gasteiger partial charge on any atom is -0.497 e. The summed E-state index contributed by atoms with van der Waals surface area (Å²) in [5.41, 5.74) is 3.14. The molecule has 2 aromatic carbocycles. The molecule has 0 saturated carbocycles. The third-order valence-electron chi connectivity index (χ3n) is 5.63. The second-order valence-corrected chi connectivity index (χ2v) is 8.94. The first-order valence-corrected chi connectivity index (χ1v) is 12.1. The van der Waals surface area contributed by atoms with Crippen LogP contribution in [-0.2, 0) is 4.79 Å². The average Bonchev–Trinajstić information content (AvgIpc) is 2.88. The second-order valence-electron chi connectivity index (χ2n) is 7.95. The number of ether oxygens (including phenoxy) is 2. The van der Waals surface area contributed by atoms with E-state index in [4.69, 9.17) is 9.47 Å². The number of rotatable bonds is 8. The Morgan fingerprint density at radius 2 is 1.76 bits per heavy atom. The lowest BCUT2D eigenvalue weighted by Crippen LogP contribution is -2.46. The van der Waals surface area contributed by atoms with Gasteiger partial charge in [-0.2, -0.15) is 0 Å². The van der Waals surface area contributed by atoms with Gasteiger partial charge in [0.05, 0.1) is 25.7 Å². The van der Waals surface area contributed by atoms with Crippen LogP contribution in [0.1, 0.15) is 5.56 Å². The number of carbonyl (C=O) groups excluding carboxylic acids is 1. The number of aromatic nitrogens is 2. The van der Waals surface area contributed by atoms with Crippen molar-refractivity contribution in [2.75, 3.05) is 61.3 Å². The van der Waals surface area contributed by atoms with Gasteiger partial charge in [0.25, 0.3) is 0 Å². The van der Waals surface area contributed by atoms with Crippen molar-refractivity contribution in [2.24, 2.45) is 0 Å². The maximum absolute atomic E-state index is 12.4. The molecule has 1 aliphatic rings. The highest BCUT2D eigenvalue weighted by molar-refractivity contribution is 7.99. The van der Waals surface area contributed by atoms with Crippen molar-refractivity contribution in [3.8, 4) is 11.5 Å². The van der Waals surface area contributed by atoms with Crippen LogP contribution in [0.15, 0.2) is 59.6 Å². The Hall–Kier alpha value is -3.46. The van der Waals surface area contributed by atoms with E-state index in [-0.39, 0.29) is 11.7 Å². The fraction of sp³-hybridized carbons (Fsp3) is 0.320. The summed E-state index contributed by atoms with van der Waals surface area (Å²) in [6.45, 7) is 5.78. The Balaban J connectivity index is 1.27. The van der Waals surface area contributed by atoms with Gasteiger partial charge in [0.1, 0.15) is 16.5 Å². The van der Waals surface area contributed by atoms with Gasteiger partial charge in [0.2, 0.25) is 5.91 Å². The molecule has 0 bridgehead atoms. The number of hydrogen-bond acceptors (Lipinski definition) is 8. The Morgan fingerprint density at radius 3 is 2.44 bits per heavy atom. The van der Waals surface area contributed by atoms with E-state index in [9.17, 15) is 4.79 Å². The van der Waals surface area contributed by atoms with Crippen LogP contribution in [0.5, 0.6) is 11.5 Å². The largest absolute Gasteiger partial charge is 0.497 e. The van der Waals surface area contributed by atoms with E-state index in [2.05, 4.69) is 56.5 Å². The predicted octanol–water partition coefficient (Wildman–Crippen LogP) is 3.86. The number of hydrogen-bond donors (Lipinski definition) is 1. The van der Waals surface area contributed by atoms with Crippen molar-refractivity contribution in [1.82, 2.24) is 10.2 Å². The van der Waals surface area contributed by atoms with Gasteiger partial charge in [-0.05, 0) is 48.9 Å². The molecule has 9 heteroatoms. The average molecular weight is 480 g/mol. The summed E-state index contributed by atoms with van der Waals surface area (Å²) in [4.78, 5) is 17.1. The molecule has 1 fully saturated rings. The van der Waals surface area contributed by atoms with Crippen LogP contribution in [0, 0.1) is 6.92 Å². The molecule has 178 valence electrons. The minimum atomic E-state index is -0.147. The van der Waals surface area contributed by atoms with Gasteiger partial charge in [-0.25, -0.2) is 0 Å². The van der Waals surface area contributed by atoms with Crippen molar-refractivity contribution in [1.29, 1.82) is 0 Å². The summed E-state index contributed by atoms with van der Waals surface area (Å²) >= 11 is 1.35. The molecule has 3 aromatic rings. The molecule has 1 aromatic heterocycles. The van der Waals surface area contributed by atoms with Crippen LogP contribution in [0.2, 0.25) is 0 Å². The van der Waals surface area contributed by atoms with Crippen molar-refractivity contribution < 1.29 is 14.3 Å². The summed E-state index contributed by atoms with van der Waals surface area (Å²) in [6.07, 6.45) is 0. The predicted molar refractivity (Wildman–Crippen MR) is 137 cm³/mol. The van der Waals surface area contributed by atoms with Gasteiger partial charge in [-0.3, -0.25) is 4.79 Å². The zero-order valence-electron chi connectivity index (χ0n) is 19.7. The Kier molecular flexibility index (Phi) is 7.74. The normalized spacial score (nSPS) is 13.5. The van der Waals surface area contributed by atoms with Crippen molar-refractivity contribution in [3.63, 3.8) is 0 Å². The summed E-state index contributed by atoms with van der Waals surface area (Å²) in [5.74, 6) is 2.14. The van der Waals surface area contributed by atoms with Gasteiger partial charge in [0, 0.05) is 37.9 Å². The maximum Gasteiger partial charge on any atom is 0.234 e. The Morgan fingerprint density at radius 1 is 0.971 bits per heavy atom. The molecule has 0 radical (unpaired) electrons. The van der Waals surface area contributed by atoms with Crippen LogP contribution < -0.4 is 24.6 Å². The van der Waals surface area contributed by atoms with Crippen LogP contribution in [0.4, 0.5) is 17.2 Å². The number of nitrogens with zero attached hydrogens (tertiary/aromatic N) is 4. The maximum atomic E-state index is 12.4. The van der Waals surface area contributed by atoms with E-state index >= 15 is 0 Å². The lowest BCUT2D eigenvalue weighted by molar-refractivity contribution is -0.113. The van der Waals surface area contributed by atoms with Crippen LogP contribution in [0.3, 0.4) is 0 Å². The molecule has 34 heavy (non-hydrogen) atoms. The first kappa shape index (κ1) is 23.7.